The minimum absolute atomic E-state index is 0.557. The Balaban J connectivity index is 1.11. The molecule has 0 saturated heterocycles. The minimum atomic E-state index is 0.557. The summed E-state index contributed by atoms with van der Waals surface area (Å²) in [5, 5.41) is 9.54. The molecule has 0 aliphatic rings. The molecule has 5 nitrogen and oxygen atoms in total. The van der Waals surface area contributed by atoms with Crippen LogP contribution in [0.15, 0.2) is 224 Å². The third-order valence-electron chi connectivity index (χ3n) is 13.3. The van der Waals surface area contributed by atoms with Crippen LogP contribution in [0.4, 0.5) is 0 Å². The van der Waals surface area contributed by atoms with Crippen LogP contribution in [0.2, 0.25) is 0 Å². The normalized spacial score (nSPS) is 11.9. The van der Waals surface area contributed by atoms with Gasteiger partial charge in [0.25, 0.3) is 0 Å². The highest BCUT2D eigenvalue weighted by molar-refractivity contribution is 7.26. The van der Waals surface area contributed by atoms with Gasteiger partial charge in [-0.25, -0.2) is 4.98 Å². The predicted octanol–water partition coefficient (Wildman–Crippen LogP) is 16.3. The molecule has 67 heavy (non-hydrogen) atoms. The highest BCUT2D eigenvalue weighted by Gasteiger charge is 2.25. The van der Waals surface area contributed by atoms with Crippen molar-refractivity contribution in [1.82, 2.24) is 24.1 Å². The van der Waals surface area contributed by atoms with Crippen LogP contribution >= 0.6 is 11.3 Å². The lowest BCUT2D eigenvalue weighted by Crippen LogP contribution is -2.07. The standard InChI is InChI=1S/C61H37N5S/c1-3-16-38(17-4-1)42-22-15-23-44(35-42)60-62-59(40-19-5-2-6-20-40)63-61(64-60)66-53-28-13-10-25-47(53)50-33-32-49-46-24-9-12-27-52(46)65(56(49)57(50)66)54-37-45(43-31-30-39-18-7-8-21-41(39)34-43)36-51-48-26-11-14-29-55(48)67-58(51)54/h1-37H. The number of thiophene rings is 1. The Kier molecular flexibility index (Phi) is 8.38. The Morgan fingerprint density at radius 2 is 0.881 bits per heavy atom. The van der Waals surface area contributed by atoms with Gasteiger partial charge in [-0.2, -0.15) is 9.97 Å². The van der Waals surface area contributed by atoms with Gasteiger partial charge >= 0.3 is 0 Å². The molecule has 0 saturated carbocycles. The Hall–Kier alpha value is -8.71. The van der Waals surface area contributed by atoms with E-state index >= 15 is 0 Å². The van der Waals surface area contributed by atoms with E-state index in [4.69, 9.17) is 15.0 Å². The fraction of sp³-hybridized carbons (Fsp3) is 0. The number of para-hydroxylation sites is 2. The molecule has 0 bridgehead atoms. The van der Waals surface area contributed by atoms with Crippen LogP contribution in [0.25, 0.3) is 131 Å². The fourth-order valence-electron chi connectivity index (χ4n) is 10.2. The zero-order valence-corrected chi connectivity index (χ0v) is 36.8. The molecular weight excluding hydrogens is 835 g/mol. The number of rotatable bonds is 6. The van der Waals surface area contributed by atoms with Gasteiger partial charge < -0.3 is 4.57 Å². The van der Waals surface area contributed by atoms with Crippen LogP contribution in [-0.4, -0.2) is 24.1 Å². The molecule has 4 heterocycles. The van der Waals surface area contributed by atoms with Gasteiger partial charge in [0.2, 0.25) is 5.95 Å². The van der Waals surface area contributed by atoms with Crippen LogP contribution in [0, 0.1) is 0 Å². The number of hydrogen-bond donors (Lipinski definition) is 0. The van der Waals surface area contributed by atoms with E-state index in [0.717, 1.165) is 66.2 Å². The zero-order chi connectivity index (χ0) is 44.0. The number of benzene rings is 10. The van der Waals surface area contributed by atoms with Crippen LogP contribution in [0.3, 0.4) is 0 Å². The van der Waals surface area contributed by atoms with Crippen molar-refractivity contribution < 1.29 is 0 Å². The van der Waals surface area contributed by atoms with E-state index in [9.17, 15) is 0 Å². The highest BCUT2D eigenvalue weighted by Crippen LogP contribution is 2.46. The van der Waals surface area contributed by atoms with E-state index < -0.39 is 0 Å². The second kappa shape index (κ2) is 14.9. The molecule has 312 valence electrons. The van der Waals surface area contributed by atoms with E-state index in [1.54, 1.807) is 0 Å². The lowest BCUT2D eigenvalue weighted by atomic mass is 9.98. The molecule has 0 spiro atoms. The molecule has 0 fully saturated rings. The number of aromatic nitrogens is 5. The first kappa shape index (κ1) is 37.6. The summed E-state index contributed by atoms with van der Waals surface area (Å²) in [6, 6.07) is 80.4. The topological polar surface area (TPSA) is 48.5 Å². The summed E-state index contributed by atoms with van der Waals surface area (Å²) in [6.45, 7) is 0. The monoisotopic (exact) mass is 871 g/mol. The maximum atomic E-state index is 5.46. The van der Waals surface area contributed by atoms with Crippen molar-refractivity contribution in [3.05, 3.63) is 224 Å². The Labute approximate surface area is 389 Å². The third kappa shape index (κ3) is 5.97. The van der Waals surface area contributed by atoms with Crippen molar-refractivity contribution in [2.75, 3.05) is 0 Å². The van der Waals surface area contributed by atoms with E-state index in [2.05, 4.69) is 209 Å². The number of nitrogens with zero attached hydrogens (tertiary/aromatic N) is 5. The van der Waals surface area contributed by atoms with Gasteiger partial charge in [0.15, 0.2) is 11.6 Å². The molecule has 14 aromatic rings. The van der Waals surface area contributed by atoms with Crippen molar-refractivity contribution in [2.24, 2.45) is 0 Å². The van der Waals surface area contributed by atoms with Crippen molar-refractivity contribution >= 4 is 85.9 Å². The summed E-state index contributed by atoms with van der Waals surface area (Å²) in [6.07, 6.45) is 0. The van der Waals surface area contributed by atoms with Gasteiger partial charge in [-0.1, -0.05) is 182 Å². The maximum Gasteiger partial charge on any atom is 0.238 e. The molecule has 0 aliphatic carbocycles. The van der Waals surface area contributed by atoms with Crippen LogP contribution in [-0.2, 0) is 0 Å². The molecule has 6 heteroatoms. The fourth-order valence-corrected chi connectivity index (χ4v) is 11.4. The summed E-state index contributed by atoms with van der Waals surface area (Å²) in [5.74, 6) is 1.77. The molecule has 4 aromatic heterocycles. The van der Waals surface area contributed by atoms with Crippen LogP contribution < -0.4 is 0 Å². The van der Waals surface area contributed by atoms with Crippen molar-refractivity contribution in [3.63, 3.8) is 0 Å². The van der Waals surface area contributed by atoms with E-state index in [-0.39, 0.29) is 0 Å². The van der Waals surface area contributed by atoms with E-state index in [1.165, 1.54) is 47.5 Å². The molecule has 0 unspecified atom stereocenters. The maximum absolute atomic E-state index is 5.46. The number of fused-ring (bicyclic) bond motifs is 11. The second-order valence-corrected chi connectivity index (χ2v) is 18.2. The molecule has 0 radical (unpaired) electrons. The van der Waals surface area contributed by atoms with Crippen LogP contribution in [0.1, 0.15) is 0 Å². The molecule has 0 aliphatic heterocycles. The Morgan fingerprint density at radius 1 is 0.313 bits per heavy atom. The first-order chi connectivity index (χ1) is 33.2. The Morgan fingerprint density at radius 3 is 1.64 bits per heavy atom. The van der Waals surface area contributed by atoms with Crippen molar-refractivity contribution in [1.29, 1.82) is 0 Å². The lowest BCUT2D eigenvalue weighted by molar-refractivity contribution is 0.953. The van der Waals surface area contributed by atoms with E-state index in [0.29, 0.717) is 17.6 Å². The predicted molar refractivity (Wildman–Crippen MR) is 281 cm³/mol. The molecular formula is C61H37N5S. The molecule has 14 rings (SSSR count). The smallest absolute Gasteiger partial charge is 0.238 e. The summed E-state index contributed by atoms with van der Waals surface area (Å²) < 4.78 is 7.31. The average molecular weight is 872 g/mol. The minimum Gasteiger partial charge on any atom is -0.306 e. The molecule has 0 atom stereocenters. The number of hydrogen-bond acceptors (Lipinski definition) is 4. The van der Waals surface area contributed by atoms with E-state index in [1.807, 2.05) is 35.6 Å². The summed E-state index contributed by atoms with van der Waals surface area (Å²) >= 11 is 1.86. The lowest BCUT2D eigenvalue weighted by Gasteiger charge is -2.15. The largest absolute Gasteiger partial charge is 0.306 e. The van der Waals surface area contributed by atoms with Gasteiger partial charge in [-0.3, -0.25) is 4.57 Å². The first-order valence-corrected chi connectivity index (χ1v) is 23.4. The van der Waals surface area contributed by atoms with Gasteiger partial charge in [0.05, 0.1) is 32.5 Å². The van der Waals surface area contributed by atoms with Gasteiger partial charge in [-0.05, 0) is 75.5 Å². The second-order valence-electron chi connectivity index (χ2n) is 17.2. The summed E-state index contributed by atoms with van der Waals surface area (Å²) in [5.41, 5.74) is 11.8. The third-order valence-corrected chi connectivity index (χ3v) is 14.5. The molecule has 0 N–H and O–H groups in total. The molecule has 0 amide bonds. The Bertz CT molecular complexity index is 4280. The quantitative estimate of drug-likeness (QED) is 0.167. The SMILES string of the molecule is c1ccc(-c2cccc(-c3nc(-c4ccccc4)nc(-n4c5ccccc5c5ccc6c7ccccc7n(-c7cc(-c8ccc9ccccc9c8)cc8c7sc7ccccc78)c6c54)n3)c2)cc1. The summed E-state index contributed by atoms with van der Waals surface area (Å²) in [4.78, 5) is 16.1. The van der Waals surface area contributed by atoms with Crippen molar-refractivity contribution in [2.45, 2.75) is 0 Å². The average Bonchev–Trinajstić information content (AvgIpc) is 4.07. The summed E-state index contributed by atoms with van der Waals surface area (Å²) in [7, 11) is 0. The van der Waals surface area contributed by atoms with Crippen molar-refractivity contribution in [3.8, 4) is 56.7 Å². The zero-order valence-electron chi connectivity index (χ0n) is 36.0. The van der Waals surface area contributed by atoms with Gasteiger partial charge in [0.1, 0.15) is 0 Å². The highest BCUT2D eigenvalue weighted by atomic mass is 32.1. The van der Waals surface area contributed by atoms with Gasteiger partial charge in [0, 0.05) is 48.1 Å². The van der Waals surface area contributed by atoms with Crippen LogP contribution in [0.5, 0.6) is 0 Å². The molecule has 10 aromatic carbocycles. The first-order valence-electron chi connectivity index (χ1n) is 22.6. The van der Waals surface area contributed by atoms with Gasteiger partial charge in [-0.15, -0.1) is 11.3 Å².